The van der Waals surface area contributed by atoms with Gasteiger partial charge in [-0.15, -0.1) is 0 Å². The first-order valence-corrected chi connectivity index (χ1v) is 5.26. The van der Waals surface area contributed by atoms with Crippen molar-refractivity contribution >= 4 is 34.5 Å². The third-order valence-corrected chi connectivity index (χ3v) is 2.32. The van der Waals surface area contributed by atoms with Crippen LogP contribution in [0.25, 0.3) is 0 Å². The first-order valence-electron chi connectivity index (χ1n) is 4.47. The molecule has 0 saturated heterocycles. The summed E-state index contributed by atoms with van der Waals surface area (Å²) in [5.74, 6) is 0. The fraction of sp³-hybridized carbons (Fsp3) is 0.300. The second-order valence-corrected chi connectivity index (χ2v) is 3.85. The number of halogens is 1. The molecule has 0 aliphatic heterocycles. The SMILES string of the molecule is COCCNc1ccc(Cl)cc1C(N)=S. The van der Waals surface area contributed by atoms with E-state index in [4.69, 9.17) is 34.3 Å². The predicted octanol–water partition coefficient (Wildman–Crippen LogP) is 2.03. The van der Waals surface area contributed by atoms with E-state index in [9.17, 15) is 0 Å². The Morgan fingerprint density at radius 3 is 2.93 bits per heavy atom. The molecule has 0 aromatic heterocycles. The van der Waals surface area contributed by atoms with Crippen molar-refractivity contribution in [1.29, 1.82) is 0 Å². The van der Waals surface area contributed by atoms with E-state index in [2.05, 4.69) is 5.32 Å². The zero-order chi connectivity index (χ0) is 11.3. The standard InChI is InChI=1S/C10H13ClN2OS/c1-14-5-4-13-9-3-2-7(11)6-8(9)10(12)15/h2-3,6,13H,4-5H2,1H3,(H2,12,15). The van der Waals surface area contributed by atoms with E-state index in [1.807, 2.05) is 6.07 Å². The Bertz CT molecular complexity index is 357. The average Bonchev–Trinajstić information content (AvgIpc) is 2.20. The predicted molar refractivity (Wildman–Crippen MR) is 67.7 cm³/mol. The van der Waals surface area contributed by atoms with Crippen molar-refractivity contribution in [3.05, 3.63) is 28.8 Å². The minimum Gasteiger partial charge on any atom is -0.389 e. The molecule has 0 radical (unpaired) electrons. The lowest BCUT2D eigenvalue weighted by Gasteiger charge is -2.10. The van der Waals surface area contributed by atoms with Crippen molar-refractivity contribution < 1.29 is 4.74 Å². The first kappa shape index (κ1) is 12.2. The number of thiocarbonyl (C=S) groups is 1. The van der Waals surface area contributed by atoms with E-state index in [1.165, 1.54) is 0 Å². The summed E-state index contributed by atoms with van der Waals surface area (Å²) in [6.07, 6.45) is 0. The van der Waals surface area contributed by atoms with Crippen LogP contribution in [-0.2, 0) is 4.74 Å². The highest BCUT2D eigenvalue weighted by Gasteiger charge is 2.05. The molecule has 15 heavy (non-hydrogen) atoms. The number of rotatable bonds is 5. The van der Waals surface area contributed by atoms with Gasteiger partial charge in [0, 0.05) is 29.9 Å². The van der Waals surface area contributed by atoms with Crippen LogP contribution in [0.4, 0.5) is 5.69 Å². The topological polar surface area (TPSA) is 47.3 Å². The molecule has 0 unspecified atom stereocenters. The molecule has 3 nitrogen and oxygen atoms in total. The van der Waals surface area contributed by atoms with Crippen LogP contribution in [0.2, 0.25) is 5.02 Å². The van der Waals surface area contributed by atoms with Crippen LogP contribution in [0.3, 0.4) is 0 Å². The molecular weight excluding hydrogens is 232 g/mol. The van der Waals surface area contributed by atoms with Gasteiger partial charge in [-0.25, -0.2) is 0 Å². The van der Waals surface area contributed by atoms with Gasteiger partial charge in [-0.2, -0.15) is 0 Å². The summed E-state index contributed by atoms with van der Waals surface area (Å²) < 4.78 is 4.93. The molecule has 0 spiro atoms. The molecule has 3 N–H and O–H groups in total. The molecule has 5 heteroatoms. The lowest BCUT2D eigenvalue weighted by atomic mass is 10.2. The summed E-state index contributed by atoms with van der Waals surface area (Å²) in [4.78, 5) is 0.331. The summed E-state index contributed by atoms with van der Waals surface area (Å²) in [7, 11) is 1.65. The number of ether oxygens (including phenoxy) is 1. The normalized spacial score (nSPS) is 10.0. The molecule has 1 rings (SSSR count). The van der Waals surface area contributed by atoms with E-state index in [0.717, 1.165) is 11.3 Å². The third-order valence-electron chi connectivity index (χ3n) is 1.87. The molecule has 0 aliphatic rings. The zero-order valence-electron chi connectivity index (χ0n) is 8.42. The van der Waals surface area contributed by atoms with Gasteiger partial charge in [0.1, 0.15) is 4.99 Å². The van der Waals surface area contributed by atoms with E-state index >= 15 is 0 Å². The summed E-state index contributed by atoms with van der Waals surface area (Å²) in [5, 5.41) is 3.79. The quantitative estimate of drug-likeness (QED) is 0.615. The van der Waals surface area contributed by atoms with Crippen LogP contribution < -0.4 is 11.1 Å². The first-order chi connectivity index (χ1) is 7.15. The molecule has 1 aromatic rings. The third kappa shape index (κ3) is 3.66. The summed E-state index contributed by atoms with van der Waals surface area (Å²) in [5.41, 5.74) is 7.23. The number of methoxy groups -OCH3 is 1. The van der Waals surface area contributed by atoms with Crippen molar-refractivity contribution in [1.82, 2.24) is 0 Å². The van der Waals surface area contributed by atoms with Crippen LogP contribution in [0.5, 0.6) is 0 Å². The Kier molecular flexibility index (Phi) is 4.81. The van der Waals surface area contributed by atoms with Crippen molar-refractivity contribution in [3.8, 4) is 0 Å². The van der Waals surface area contributed by atoms with Gasteiger partial charge >= 0.3 is 0 Å². The number of hydrogen-bond acceptors (Lipinski definition) is 3. The lowest BCUT2D eigenvalue weighted by molar-refractivity contribution is 0.211. The van der Waals surface area contributed by atoms with Gasteiger partial charge in [-0.1, -0.05) is 23.8 Å². The Morgan fingerprint density at radius 2 is 2.33 bits per heavy atom. The second-order valence-electron chi connectivity index (χ2n) is 2.97. The van der Waals surface area contributed by atoms with Crippen LogP contribution in [0.15, 0.2) is 18.2 Å². The summed E-state index contributed by atoms with van der Waals surface area (Å²) in [6, 6.07) is 5.39. The smallest absolute Gasteiger partial charge is 0.106 e. The lowest BCUT2D eigenvalue weighted by Crippen LogP contribution is -2.15. The molecule has 1 aromatic carbocycles. The van der Waals surface area contributed by atoms with Crippen molar-refractivity contribution in [2.45, 2.75) is 0 Å². The Labute approximate surface area is 99.6 Å². The monoisotopic (exact) mass is 244 g/mol. The number of nitrogens with two attached hydrogens (primary N) is 1. The molecule has 0 aliphatic carbocycles. The van der Waals surface area contributed by atoms with Gasteiger partial charge in [0.15, 0.2) is 0 Å². The minimum atomic E-state index is 0.331. The Morgan fingerprint density at radius 1 is 1.60 bits per heavy atom. The number of benzene rings is 1. The maximum absolute atomic E-state index is 5.85. The molecule has 0 amide bonds. The molecule has 0 atom stereocenters. The molecular formula is C10H13ClN2OS. The van der Waals surface area contributed by atoms with Crippen LogP contribution in [0.1, 0.15) is 5.56 Å². The van der Waals surface area contributed by atoms with E-state index in [0.29, 0.717) is 23.2 Å². The van der Waals surface area contributed by atoms with E-state index in [1.54, 1.807) is 19.2 Å². The number of nitrogens with one attached hydrogen (secondary N) is 1. The average molecular weight is 245 g/mol. The largest absolute Gasteiger partial charge is 0.389 e. The van der Waals surface area contributed by atoms with E-state index < -0.39 is 0 Å². The van der Waals surface area contributed by atoms with Gasteiger partial charge in [0.2, 0.25) is 0 Å². The number of anilines is 1. The van der Waals surface area contributed by atoms with Crippen LogP contribution >= 0.6 is 23.8 Å². The van der Waals surface area contributed by atoms with E-state index in [-0.39, 0.29) is 0 Å². The van der Waals surface area contributed by atoms with Crippen molar-refractivity contribution in [3.63, 3.8) is 0 Å². The summed E-state index contributed by atoms with van der Waals surface area (Å²) in [6.45, 7) is 1.33. The highest BCUT2D eigenvalue weighted by atomic mass is 35.5. The highest BCUT2D eigenvalue weighted by molar-refractivity contribution is 7.80. The highest BCUT2D eigenvalue weighted by Crippen LogP contribution is 2.20. The fourth-order valence-electron chi connectivity index (χ4n) is 1.16. The van der Waals surface area contributed by atoms with Gasteiger partial charge in [0.05, 0.1) is 6.61 Å². The maximum atomic E-state index is 5.85. The molecule has 0 heterocycles. The minimum absolute atomic E-state index is 0.331. The van der Waals surface area contributed by atoms with Gasteiger partial charge < -0.3 is 15.8 Å². The molecule has 82 valence electrons. The molecule has 0 saturated carbocycles. The van der Waals surface area contributed by atoms with Crippen LogP contribution in [-0.4, -0.2) is 25.2 Å². The zero-order valence-corrected chi connectivity index (χ0v) is 9.99. The van der Waals surface area contributed by atoms with Crippen LogP contribution in [0, 0.1) is 0 Å². The molecule has 0 bridgehead atoms. The maximum Gasteiger partial charge on any atom is 0.106 e. The molecule has 0 fully saturated rings. The van der Waals surface area contributed by atoms with Crippen molar-refractivity contribution in [2.75, 3.05) is 25.6 Å². The Balaban J connectivity index is 2.81. The van der Waals surface area contributed by atoms with Gasteiger partial charge in [-0.3, -0.25) is 0 Å². The van der Waals surface area contributed by atoms with Gasteiger partial charge in [0.25, 0.3) is 0 Å². The Hall–Kier alpha value is -0.840. The van der Waals surface area contributed by atoms with Crippen molar-refractivity contribution in [2.24, 2.45) is 5.73 Å². The number of hydrogen-bond donors (Lipinski definition) is 2. The summed E-state index contributed by atoms with van der Waals surface area (Å²) >= 11 is 10.8. The van der Waals surface area contributed by atoms with Gasteiger partial charge in [-0.05, 0) is 18.2 Å². The fourth-order valence-corrected chi connectivity index (χ4v) is 1.50. The second kappa shape index (κ2) is 5.90.